The number of carbonyl (C=O) groups is 8. The third kappa shape index (κ3) is 19.0. The third-order valence-corrected chi connectivity index (χ3v) is 2.55. The second kappa shape index (κ2) is 14.8. The number of hydrogen-bond donors (Lipinski definition) is 9. The van der Waals surface area contributed by atoms with Gasteiger partial charge in [0.2, 0.25) is 0 Å². The van der Waals surface area contributed by atoms with Gasteiger partial charge in [-0.3, -0.25) is 28.8 Å². The number of aliphatic carboxylic acids is 7. The smallest absolute Gasteiger partial charge is 0.372 e. The van der Waals surface area contributed by atoms with Gasteiger partial charge in [0, 0.05) is 0 Å². The fourth-order valence-electron chi connectivity index (χ4n) is 1.20. The van der Waals surface area contributed by atoms with E-state index in [1.807, 2.05) is 0 Å². The van der Waals surface area contributed by atoms with Crippen LogP contribution in [0.2, 0.25) is 0 Å². The molecule has 31 heavy (non-hydrogen) atoms. The Hall–Kier alpha value is -4.12. The van der Waals surface area contributed by atoms with Crippen molar-refractivity contribution in [3.05, 3.63) is 0 Å². The Kier molecular flexibility index (Phi) is 15.1. The molecule has 0 aromatic carbocycles. The molecule has 0 fully saturated rings. The fourth-order valence-corrected chi connectivity index (χ4v) is 1.20. The quantitative estimate of drug-likeness (QED) is 0.108. The van der Waals surface area contributed by atoms with Gasteiger partial charge in [0.1, 0.15) is 12.5 Å². The van der Waals surface area contributed by atoms with Crippen molar-refractivity contribution in [1.29, 1.82) is 0 Å². The molecule has 0 saturated carbocycles. The third-order valence-electron chi connectivity index (χ3n) is 2.55. The Labute approximate surface area is 170 Å². The van der Waals surface area contributed by atoms with Gasteiger partial charge in [0.05, 0.1) is 19.3 Å². The van der Waals surface area contributed by atoms with Gasteiger partial charge in [0.15, 0.2) is 5.60 Å². The van der Waals surface area contributed by atoms with Crippen molar-refractivity contribution in [3.63, 3.8) is 0 Å². The van der Waals surface area contributed by atoms with Gasteiger partial charge >= 0.3 is 41.8 Å². The molecule has 0 aromatic heterocycles. The summed E-state index contributed by atoms with van der Waals surface area (Å²) in [7, 11) is 0. The van der Waals surface area contributed by atoms with E-state index in [1.54, 1.807) is 0 Å². The Morgan fingerprint density at radius 1 is 0.677 bits per heavy atom. The van der Waals surface area contributed by atoms with E-state index in [-0.39, 0.29) is 0 Å². The summed E-state index contributed by atoms with van der Waals surface area (Å²) in [5.74, 6) is -12.0. The lowest BCUT2D eigenvalue weighted by atomic mass is 9.96. The Bertz CT molecular complexity index is 710. The number of rotatable bonds is 11. The highest BCUT2D eigenvalue weighted by molar-refractivity contribution is 6.35. The van der Waals surface area contributed by atoms with E-state index in [0.717, 1.165) is 0 Å². The van der Waals surface area contributed by atoms with Crippen LogP contribution in [0.3, 0.4) is 0 Å². The minimum Gasteiger partial charge on any atom is -0.481 e. The zero-order valence-electron chi connectivity index (χ0n) is 15.3. The van der Waals surface area contributed by atoms with Crippen molar-refractivity contribution in [3.8, 4) is 0 Å². The maximum atomic E-state index is 10.3. The monoisotopic (exact) mass is 457 g/mol. The average Bonchev–Trinajstić information content (AvgIpc) is 2.52. The van der Waals surface area contributed by atoms with Gasteiger partial charge in [-0.2, -0.15) is 0 Å². The molecule has 10 N–H and O–H groups in total. The van der Waals surface area contributed by atoms with Gasteiger partial charge in [-0.15, -0.1) is 0 Å². The van der Waals surface area contributed by atoms with Crippen molar-refractivity contribution >= 4 is 47.6 Å². The molecule has 0 aromatic rings. The Balaban J connectivity index is -0.000000390. The summed E-state index contributed by atoms with van der Waals surface area (Å²) in [6.07, 6.45) is -3.77. The molecule has 0 amide bonds. The van der Waals surface area contributed by atoms with E-state index in [2.05, 4.69) is 0 Å². The number of carboxylic acids is 7. The van der Waals surface area contributed by atoms with E-state index in [1.165, 1.54) is 0 Å². The highest BCUT2D eigenvalue weighted by Crippen LogP contribution is 2.15. The standard InChI is InChI=1S/C6H8O7.C4H7NO4.C4H4O5/c7-3(8)1-6(13,5(11)12)2-4(9)10;2*5-2(4(8)9)1-3(6)7/h13H,1-2H2,(H,7,8)(H,9,10)(H,11,12);2H,1,5H2,(H,6,7)(H,8,9);1H2,(H,6,7)(H,8,9). The van der Waals surface area contributed by atoms with Crippen LogP contribution in [0, 0.1) is 0 Å². The van der Waals surface area contributed by atoms with Gasteiger partial charge in [0.25, 0.3) is 5.78 Å². The first kappa shape index (κ1) is 31.6. The lowest BCUT2D eigenvalue weighted by Gasteiger charge is -2.18. The first-order chi connectivity index (χ1) is 13.8. The van der Waals surface area contributed by atoms with E-state index in [0.29, 0.717) is 0 Å². The van der Waals surface area contributed by atoms with Crippen LogP contribution in [0.15, 0.2) is 0 Å². The van der Waals surface area contributed by atoms with Crippen molar-refractivity contribution in [2.24, 2.45) is 5.73 Å². The van der Waals surface area contributed by atoms with E-state index >= 15 is 0 Å². The Morgan fingerprint density at radius 3 is 1.19 bits per heavy atom. The van der Waals surface area contributed by atoms with Gasteiger partial charge in [-0.05, 0) is 0 Å². The second-order valence-corrected chi connectivity index (χ2v) is 5.32. The first-order valence-electron chi connectivity index (χ1n) is 7.43. The van der Waals surface area contributed by atoms with Crippen molar-refractivity contribution in [1.82, 2.24) is 0 Å². The largest absolute Gasteiger partial charge is 0.481 e. The van der Waals surface area contributed by atoms with Crippen LogP contribution in [-0.2, 0) is 38.4 Å². The SMILES string of the molecule is NC(CC(=O)O)C(=O)O.O=C(O)CC(=O)C(=O)O.O=C(O)CC(O)(CC(=O)O)C(=O)O. The summed E-state index contributed by atoms with van der Waals surface area (Å²) in [4.78, 5) is 79.3. The molecule has 0 aliphatic rings. The fraction of sp³-hybridized carbons (Fsp3) is 0.429. The topological polar surface area (TPSA) is 324 Å². The van der Waals surface area contributed by atoms with Crippen LogP contribution in [0.25, 0.3) is 0 Å². The zero-order valence-corrected chi connectivity index (χ0v) is 15.3. The normalized spacial score (nSPS) is 10.6. The van der Waals surface area contributed by atoms with Crippen molar-refractivity contribution < 1.29 is 79.2 Å². The first-order valence-corrected chi connectivity index (χ1v) is 7.43. The van der Waals surface area contributed by atoms with Crippen molar-refractivity contribution in [2.45, 2.75) is 37.3 Å². The summed E-state index contributed by atoms with van der Waals surface area (Å²) in [6.45, 7) is 0. The molecular formula is C14H19NO16. The zero-order chi connectivity index (χ0) is 25.5. The predicted octanol–water partition coefficient (Wildman–Crippen LogP) is -3.26. The van der Waals surface area contributed by atoms with Crippen LogP contribution in [0.4, 0.5) is 0 Å². The summed E-state index contributed by atoms with van der Waals surface area (Å²) in [5, 5.41) is 65.5. The molecule has 1 unspecified atom stereocenters. The molecule has 0 aliphatic heterocycles. The predicted molar refractivity (Wildman–Crippen MR) is 89.9 cm³/mol. The van der Waals surface area contributed by atoms with Crippen LogP contribution in [0.5, 0.6) is 0 Å². The maximum absolute atomic E-state index is 10.3. The minimum atomic E-state index is -2.74. The molecule has 0 spiro atoms. The number of carbonyl (C=O) groups excluding carboxylic acids is 1. The summed E-state index contributed by atoms with van der Waals surface area (Å²) < 4.78 is 0. The van der Waals surface area contributed by atoms with Crippen molar-refractivity contribution in [2.75, 3.05) is 0 Å². The highest BCUT2D eigenvalue weighted by Gasteiger charge is 2.40. The number of hydrogen-bond acceptors (Lipinski definition) is 10. The molecule has 0 heterocycles. The Morgan fingerprint density at radius 2 is 1.06 bits per heavy atom. The number of ketones is 1. The summed E-state index contributed by atoms with van der Waals surface area (Å²) in [5.41, 5.74) is 2.10. The molecule has 176 valence electrons. The lowest BCUT2D eigenvalue weighted by molar-refractivity contribution is -0.170. The summed E-state index contributed by atoms with van der Waals surface area (Å²) >= 11 is 0. The summed E-state index contributed by atoms with van der Waals surface area (Å²) in [6, 6.07) is -1.29. The van der Waals surface area contributed by atoms with Crippen LogP contribution in [0.1, 0.15) is 25.7 Å². The average molecular weight is 457 g/mol. The lowest BCUT2D eigenvalue weighted by Crippen LogP contribution is -2.42. The number of nitrogens with two attached hydrogens (primary N) is 1. The minimum absolute atomic E-state index is 0.532. The van der Waals surface area contributed by atoms with E-state index < -0.39 is 84.9 Å². The van der Waals surface area contributed by atoms with Crippen LogP contribution < -0.4 is 5.73 Å². The molecule has 17 nitrogen and oxygen atoms in total. The molecule has 0 radical (unpaired) electrons. The van der Waals surface area contributed by atoms with Gasteiger partial charge in [-0.1, -0.05) is 0 Å². The van der Waals surface area contributed by atoms with E-state index in [9.17, 15) is 38.4 Å². The highest BCUT2D eigenvalue weighted by atomic mass is 16.4. The van der Waals surface area contributed by atoms with Gasteiger partial charge in [-0.25, -0.2) is 9.59 Å². The molecule has 1 atom stereocenters. The van der Waals surface area contributed by atoms with Crippen LogP contribution >= 0.6 is 0 Å². The molecule has 0 saturated heterocycles. The molecule has 0 bridgehead atoms. The molecule has 0 rings (SSSR count). The number of aliphatic hydroxyl groups is 1. The number of carboxylic acid groups (broad SMARTS) is 7. The molecule has 0 aliphatic carbocycles. The van der Waals surface area contributed by atoms with E-state index in [4.69, 9.17) is 46.6 Å². The second-order valence-electron chi connectivity index (χ2n) is 5.32. The van der Waals surface area contributed by atoms with Gasteiger partial charge < -0.3 is 46.6 Å². The molecular weight excluding hydrogens is 438 g/mol. The number of Topliss-reactive ketones (excluding diaryl/α,β-unsaturated/α-hetero) is 1. The maximum Gasteiger partial charge on any atom is 0.372 e. The van der Waals surface area contributed by atoms with Crippen LogP contribution in [-0.4, -0.2) is 100 Å². The molecule has 17 heteroatoms.